The predicted octanol–water partition coefficient (Wildman–Crippen LogP) is 0.661. The molecular weight excluding hydrogens is 286 g/mol. The van der Waals surface area contributed by atoms with Gasteiger partial charge in [0, 0.05) is 36.3 Å². The zero-order chi connectivity index (χ0) is 13.9. The van der Waals surface area contributed by atoms with Crippen LogP contribution < -0.4 is 10.3 Å². The van der Waals surface area contributed by atoms with E-state index >= 15 is 0 Å². The van der Waals surface area contributed by atoms with E-state index < -0.39 is 10.0 Å². The van der Waals surface area contributed by atoms with Gasteiger partial charge in [0.2, 0.25) is 15.6 Å². The molecule has 0 fully saturated rings. The van der Waals surface area contributed by atoms with Gasteiger partial charge in [-0.15, -0.1) is 11.3 Å². The van der Waals surface area contributed by atoms with Gasteiger partial charge in [0.15, 0.2) is 0 Å². The van der Waals surface area contributed by atoms with Crippen molar-refractivity contribution >= 4 is 21.4 Å². The van der Waals surface area contributed by atoms with Crippen molar-refractivity contribution in [2.24, 2.45) is 0 Å². The van der Waals surface area contributed by atoms with Crippen LogP contribution in [0.15, 0.2) is 33.4 Å². The average molecular weight is 299 g/mol. The molecule has 2 aromatic heterocycles. The van der Waals surface area contributed by atoms with E-state index in [9.17, 15) is 13.2 Å². The van der Waals surface area contributed by atoms with Gasteiger partial charge in [-0.2, -0.15) is 0 Å². The van der Waals surface area contributed by atoms with Crippen LogP contribution in [0.4, 0.5) is 0 Å². The van der Waals surface area contributed by atoms with Crippen LogP contribution in [-0.2, 0) is 16.4 Å². The van der Waals surface area contributed by atoms with Crippen molar-refractivity contribution in [2.45, 2.75) is 18.2 Å². The van der Waals surface area contributed by atoms with E-state index in [0.717, 1.165) is 10.7 Å². The normalized spacial score (nSPS) is 11.6. The molecule has 0 aliphatic heterocycles. The van der Waals surface area contributed by atoms with Crippen LogP contribution in [0.5, 0.6) is 0 Å². The highest BCUT2D eigenvalue weighted by Crippen LogP contribution is 2.09. The summed E-state index contributed by atoms with van der Waals surface area (Å²) in [7, 11) is -3.58. The molecule has 2 rings (SSSR count). The number of aromatic amines is 1. The lowest BCUT2D eigenvalue weighted by Crippen LogP contribution is -2.26. The number of nitrogens with zero attached hydrogens (tertiary/aromatic N) is 1. The van der Waals surface area contributed by atoms with E-state index in [4.69, 9.17) is 0 Å². The van der Waals surface area contributed by atoms with Gasteiger partial charge in [-0.3, -0.25) is 4.79 Å². The highest BCUT2D eigenvalue weighted by atomic mass is 32.2. The van der Waals surface area contributed by atoms with Crippen LogP contribution in [0.25, 0.3) is 0 Å². The molecule has 2 N–H and O–H groups in total. The third-order valence-electron chi connectivity index (χ3n) is 2.36. The van der Waals surface area contributed by atoms with E-state index in [1.165, 1.54) is 29.7 Å². The summed E-state index contributed by atoms with van der Waals surface area (Å²) in [5.74, 6) is 0. The molecule has 0 aliphatic rings. The van der Waals surface area contributed by atoms with Crippen molar-refractivity contribution in [1.82, 2.24) is 14.7 Å². The fourth-order valence-corrected chi connectivity index (χ4v) is 3.23. The molecule has 19 heavy (non-hydrogen) atoms. The van der Waals surface area contributed by atoms with Crippen molar-refractivity contribution in [1.29, 1.82) is 0 Å². The van der Waals surface area contributed by atoms with Crippen LogP contribution in [0.2, 0.25) is 0 Å². The molecular formula is C11H13N3O3S2. The smallest absolute Gasteiger partial charge is 0.247 e. The largest absolute Gasteiger partial charge is 0.328 e. The molecule has 102 valence electrons. The number of H-pyrrole nitrogens is 1. The van der Waals surface area contributed by atoms with Crippen molar-refractivity contribution < 1.29 is 8.42 Å². The van der Waals surface area contributed by atoms with Gasteiger partial charge >= 0.3 is 0 Å². The first-order chi connectivity index (χ1) is 8.97. The quantitative estimate of drug-likeness (QED) is 0.848. The van der Waals surface area contributed by atoms with Crippen LogP contribution in [0, 0.1) is 6.92 Å². The maximum absolute atomic E-state index is 11.9. The number of aromatic nitrogens is 2. The topological polar surface area (TPSA) is 91.9 Å². The first-order valence-electron chi connectivity index (χ1n) is 5.57. The molecule has 6 nitrogen and oxygen atoms in total. The standard InChI is InChI=1S/C11H13N3O3S2/c1-8-7-18-11(14-8)4-5-13-19(16,17)9-2-3-10(15)12-6-9/h2-3,6-7,13H,4-5H2,1H3,(H,12,15). The minimum absolute atomic E-state index is 0.0439. The van der Waals surface area contributed by atoms with Gasteiger partial charge < -0.3 is 4.98 Å². The van der Waals surface area contributed by atoms with Gasteiger partial charge in [0.05, 0.1) is 9.90 Å². The van der Waals surface area contributed by atoms with Crippen LogP contribution >= 0.6 is 11.3 Å². The number of hydrogen-bond acceptors (Lipinski definition) is 5. The van der Waals surface area contributed by atoms with Crippen molar-refractivity contribution in [3.63, 3.8) is 0 Å². The number of rotatable bonds is 5. The maximum Gasteiger partial charge on any atom is 0.247 e. The Labute approximate surface area is 114 Å². The SMILES string of the molecule is Cc1csc(CCNS(=O)(=O)c2ccc(=O)[nH]c2)n1. The molecule has 0 aliphatic carbocycles. The Kier molecular flexibility index (Phi) is 4.13. The van der Waals surface area contributed by atoms with E-state index in [2.05, 4.69) is 14.7 Å². The highest BCUT2D eigenvalue weighted by molar-refractivity contribution is 7.89. The Balaban J connectivity index is 1.98. The van der Waals surface area contributed by atoms with E-state index in [0.29, 0.717) is 6.42 Å². The summed E-state index contributed by atoms with van der Waals surface area (Å²) in [4.78, 5) is 17.5. The average Bonchev–Trinajstić information content (AvgIpc) is 2.75. The molecule has 0 amide bonds. The summed E-state index contributed by atoms with van der Waals surface area (Å²) in [6, 6.07) is 2.45. The van der Waals surface area contributed by atoms with E-state index in [1.807, 2.05) is 12.3 Å². The fourth-order valence-electron chi connectivity index (χ4n) is 1.46. The van der Waals surface area contributed by atoms with Gasteiger partial charge in [-0.25, -0.2) is 18.1 Å². The monoisotopic (exact) mass is 299 g/mol. The minimum Gasteiger partial charge on any atom is -0.328 e. The number of pyridine rings is 1. The summed E-state index contributed by atoms with van der Waals surface area (Å²) < 4.78 is 26.2. The lowest BCUT2D eigenvalue weighted by atomic mass is 10.4. The van der Waals surface area contributed by atoms with Gasteiger partial charge in [-0.05, 0) is 13.0 Å². The molecule has 0 spiro atoms. The lowest BCUT2D eigenvalue weighted by Gasteiger charge is -2.04. The van der Waals surface area contributed by atoms with Gasteiger partial charge in [0.25, 0.3) is 0 Å². The predicted molar refractivity (Wildman–Crippen MR) is 72.8 cm³/mol. The third kappa shape index (κ3) is 3.72. The first-order valence-corrected chi connectivity index (χ1v) is 7.93. The minimum atomic E-state index is -3.58. The summed E-state index contributed by atoms with van der Waals surface area (Å²) >= 11 is 1.50. The molecule has 0 radical (unpaired) electrons. The zero-order valence-corrected chi connectivity index (χ0v) is 11.8. The van der Waals surface area contributed by atoms with E-state index in [1.54, 1.807) is 0 Å². The Morgan fingerprint density at radius 3 is 2.79 bits per heavy atom. The Morgan fingerprint density at radius 1 is 1.42 bits per heavy atom. The Hall–Kier alpha value is -1.51. The Morgan fingerprint density at radius 2 is 2.21 bits per heavy atom. The molecule has 8 heteroatoms. The fraction of sp³-hybridized carbons (Fsp3) is 0.273. The number of sulfonamides is 1. The molecule has 2 aromatic rings. The van der Waals surface area contributed by atoms with Crippen molar-refractivity contribution in [3.8, 4) is 0 Å². The number of thiazole rings is 1. The maximum atomic E-state index is 11.9. The molecule has 0 unspecified atom stereocenters. The zero-order valence-electron chi connectivity index (χ0n) is 10.2. The molecule has 0 bridgehead atoms. The highest BCUT2D eigenvalue weighted by Gasteiger charge is 2.13. The summed E-state index contributed by atoms with van der Waals surface area (Å²) in [5.41, 5.74) is 0.598. The molecule has 0 saturated carbocycles. The van der Waals surface area contributed by atoms with Gasteiger partial charge in [-0.1, -0.05) is 0 Å². The summed E-state index contributed by atoms with van der Waals surface area (Å²) in [6.45, 7) is 2.17. The van der Waals surface area contributed by atoms with Gasteiger partial charge in [0.1, 0.15) is 0 Å². The third-order valence-corrected chi connectivity index (χ3v) is 4.85. The van der Waals surface area contributed by atoms with Crippen molar-refractivity contribution in [2.75, 3.05) is 6.54 Å². The number of nitrogens with one attached hydrogen (secondary N) is 2. The van der Waals surface area contributed by atoms with Crippen molar-refractivity contribution in [3.05, 3.63) is 44.8 Å². The second kappa shape index (κ2) is 5.64. The number of hydrogen-bond donors (Lipinski definition) is 2. The first kappa shape index (κ1) is 13.9. The number of aryl methyl sites for hydroxylation is 1. The summed E-state index contributed by atoms with van der Waals surface area (Å²) in [6.07, 6.45) is 1.72. The van der Waals surface area contributed by atoms with Crippen LogP contribution in [0.3, 0.4) is 0 Å². The second-order valence-corrected chi connectivity index (χ2v) is 6.63. The molecule has 0 aromatic carbocycles. The lowest BCUT2D eigenvalue weighted by molar-refractivity contribution is 0.581. The molecule has 0 saturated heterocycles. The summed E-state index contributed by atoms with van der Waals surface area (Å²) in [5, 5.41) is 2.81. The Bertz CT molecular complexity index is 698. The molecule has 0 atom stereocenters. The van der Waals surface area contributed by atoms with Crippen LogP contribution in [0.1, 0.15) is 10.7 Å². The molecule has 2 heterocycles. The second-order valence-electron chi connectivity index (χ2n) is 3.92. The van der Waals surface area contributed by atoms with E-state index in [-0.39, 0.29) is 17.0 Å². The van der Waals surface area contributed by atoms with Crippen LogP contribution in [-0.4, -0.2) is 24.9 Å².